The lowest BCUT2D eigenvalue weighted by atomic mass is 9.85. The van der Waals surface area contributed by atoms with Crippen LogP contribution >= 0.6 is 0 Å². The Morgan fingerprint density at radius 3 is 3.00 bits per heavy atom. The zero-order valence-electron chi connectivity index (χ0n) is 10.6. The van der Waals surface area contributed by atoms with Crippen molar-refractivity contribution in [3.8, 4) is 11.6 Å². The van der Waals surface area contributed by atoms with Crippen molar-refractivity contribution in [3.05, 3.63) is 18.3 Å². The summed E-state index contributed by atoms with van der Waals surface area (Å²) in [6, 6.07) is 0.0900. The molecular formula is C12H17N5O. The maximum absolute atomic E-state index is 6.15. The SMILES string of the molecule is Cn1ccnc1-c1noc(C2(C)CCCC2N)n1. The van der Waals surface area contributed by atoms with Gasteiger partial charge in [-0.15, -0.1) is 0 Å². The molecule has 0 aromatic carbocycles. The van der Waals surface area contributed by atoms with Gasteiger partial charge in [-0.2, -0.15) is 4.98 Å². The summed E-state index contributed by atoms with van der Waals surface area (Å²) in [6.07, 6.45) is 6.69. The van der Waals surface area contributed by atoms with E-state index in [1.807, 2.05) is 17.8 Å². The summed E-state index contributed by atoms with van der Waals surface area (Å²) in [5.74, 6) is 1.86. The number of aryl methyl sites for hydroxylation is 1. The van der Waals surface area contributed by atoms with Crippen LogP contribution in [-0.4, -0.2) is 25.7 Å². The predicted octanol–water partition coefficient (Wildman–Crippen LogP) is 1.24. The quantitative estimate of drug-likeness (QED) is 0.863. The molecule has 2 heterocycles. The summed E-state index contributed by atoms with van der Waals surface area (Å²) in [5, 5.41) is 4.02. The summed E-state index contributed by atoms with van der Waals surface area (Å²) >= 11 is 0. The van der Waals surface area contributed by atoms with Crippen molar-refractivity contribution in [1.29, 1.82) is 0 Å². The minimum atomic E-state index is -0.198. The van der Waals surface area contributed by atoms with Crippen molar-refractivity contribution in [3.63, 3.8) is 0 Å². The van der Waals surface area contributed by atoms with E-state index in [2.05, 4.69) is 22.0 Å². The summed E-state index contributed by atoms with van der Waals surface area (Å²) in [4.78, 5) is 8.69. The maximum atomic E-state index is 6.15. The van der Waals surface area contributed by atoms with Crippen molar-refractivity contribution < 1.29 is 4.52 Å². The second-order valence-corrected chi connectivity index (χ2v) is 5.20. The van der Waals surface area contributed by atoms with Crippen molar-refractivity contribution in [2.24, 2.45) is 12.8 Å². The molecule has 0 radical (unpaired) electrons. The van der Waals surface area contributed by atoms with E-state index in [9.17, 15) is 0 Å². The van der Waals surface area contributed by atoms with Gasteiger partial charge in [0.25, 0.3) is 0 Å². The topological polar surface area (TPSA) is 82.8 Å². The van der Waals surface area contributed by atoms with Crippen LogP contribution in [0, 0.1) is 0 Å². The Bertz CT molecular complexity index is 560. The molecule has 1 aliphatic carbocycles. The van der Waals surface area contributed by atoms with Gasteiger partial charge in [-0.3, -0.25) is 0 Å². The third-order valence-electron chi connectivity index (χ3n) is 3.97. The van der Waals surface area contributed by atoms with E-state index in [0.29, 0.717) is 17.5 Å². The van der Waals surface area contributed by atoms with E-state index in [0.717, 1.165) is 19.3 Å². The molecular weight excluding hydrogens is 230 g/mol. The fourth-order valence-corrected chi connectivity index (χ4v) is 2.59. The fourth-order valence-electron chi connectivity index (χ4n) is 2.59. The molecule has 2 N–H and O–H groups in total. The summed E-state index contributed by atoms with van der Waals surface area (Å²) < 4.78 is 7.27. The van der Waals surface area contributed by atoms with Crippen molar-refractivity contribution in [2.75, 3.05) is 0 Å². The van der Waals surface area contributed by atoms with Gasteiger partial charge in [-0.05, 0) is 19.8 Å². The monoisotopic (exact) mass is 247 g/mol. The minimum Gasteiger partial charge on any atom is -0.338 e. The number of nitrogens with two attached hydrogens (primary N) is 1. The largest absolute Gasteiger partial charge is 0.338 e. The Morgan fingerprint density at radius 2 is 2.39 bits per heavy atom. The molecule has 3 rings (SSSR count). The van der Waals surface area contributed by atoms with Crippen LogP contribution in [0.5, 0.6) is 0 Å². The van der Waals surface area contributed by atoms with Crippen molar-refractivity contribution >= 4 is 0 Å². The van der Waals surface area contributed by atoms with Gasteiger partial charge in [-0.25, -0.2) is 4.98 Å². The van der Waals surface area contributed by atoms with Crippen LogP contribution < -0.4 is 5.73 Å². The lowest BCUT2D eigenvalue weighted by Crippen LogP contribution is -2.38. The number of nitrogens with zero attached hydrogens (tertiary/aromatic N) is 4. The summed E-state index contributed by atoms with van der Waals surface area (Å²) in [5.41, 5.74) is 5.96. The Hall–Kier alpha value is -1.69. The summed E-state index contributed by atoms with van der Waals surface area (Å²) in [6.45, 7) is 2.10. The minimum absolute atomic E-state index is 0.0900. The predicted molar refractivity (Wildman–Crippen MR) is 65.7 cm³/mol. The highest BCUT2D eigenvalue weighted by atomic mass is 16.5. The van der Waals surface area contributed by atoms with E-state index in [4.69, 9.17) is 10.3 Å². The third kappa shape index (κ3) is 1.56. The van der Waals surface area contributed by atoms with E-state index < -0.39 is 0 Å². The van der Waals surface area contributed by atoms with Crippen LogP contribution in [0.15, 0.2) is 16.9 Å². The first kappa shape index (κ1) is 11.4. The van der Waals surface area contributed by atoms with Crippen LogP contribution in [0.1, 0.15) is 32.1 Å². The maximum Gasteiger partial charge on any atom is 0.238 e. The Morgan fingerprint density at radius 1 is 1.56 bits per heavy atom. The number of aromatic nitrogens is 4. The van der Waals surface area contributed by atoms with Gasteiger partial charge < -0.3 is 14.8 Å². The normalized spacial score (nSPS) is 27.8. The molecule has 0 amide bonds. The van der Waals surface area contributed by atoms with Crippen molar-refractivity contribution in [2.45, 2.75) is 37.6 Å². The van der Waals surface area contributed by atoms with E-state index in [-0.39, 0.29) is 11.5 Å². The molecule has 1 aliphatic rings. The van der Waals surface area contributed by atoms with E-state index >= 15 is 0 Å². The zero-order valence-corrected chi connectivity index (χ0v) is 10.6. The van der Waals surface area contributed by atoms with Crippen LogP contribution in [0.25, 0.3) is 11.6 Å². The number of hydrogen-bond donors (Lipinski definition) is 1. The lowest BCUT2D eigenvalue weighted by molar-refractivity contribution is 0.278. The smallest absolute Gasteiger partial charge is 0.238 e. The van der Waals surface area contributed by atoms with Crippen LogP contribution in [0.3, 0.4) is 0 Å². The number of imidazole rings is 1. The van der Waals surface area contributed by atoms with Crippen LogP contribution in [-0.2, 0) is 12.5 Å². The average molecular weight is 247 g/mol. The first-order chi connectivity index (χ1) is 8.61. The molecule has 6 heteroatoms. The number of hydrogen-bond acceptors (Lipinski definition) is 5. The third-order valence-corrected chi connectivity index (χ3v) is 3.97. The molecule has 2 aromatic heterocycles. The van der Waals surface area contributed by atoms with Gasteiger partial charge in [0.15, 0.2) is 5.82 Å². The van der Waals surface area contributed by atoms with Gasteiger partial charge in [0.1, 0.15) is 0 Å². The highest BCUT2D eigenvalue weighted by Gasteiger charge is 2.42. The second-order valence-electron chi connectivity index (χ2n) is 5.20. The second kappa shape index (κ2) is 3.91. The lowest BCUT2D eigenvalue weighted by Gasteiger charge is -2.23. The fraction of sp³-hybridized carbons (Fsp3) is 0.583. The molecule has 6 nitrogen and oxygen atoms in total. The van der Waals surface area contributed by atoms with Crippen LogP contribution in [0.4, 0.5) is 0 Å². The molecule has 0 saturated heterocycles. The molecule has 0 spiro atoms. The Labute approximate surface area is 105 Å². The van der Waals surface area contributed by atoms with Crippen LogP contribution in [0.2, 0.25) is 0 Å². The molecule has 0 aliphatic heterocycles. The standard InChI is InChI=1S/C12H17N5O/c1-12(5-3-4-8(12)13)11-15-9(16-18-11)10-14-6-7-17(10)2/h6-8H,3-5,13H2,1-2H3. The molecule has 96 valence electrons. The van der Waals surface area contributed by atoms with Gasteiger partial charge in [0.2, 0.25) is 11.7 Å². The first-order valence-corrected chi connectivity index (χ1v) is 6.19. The Kier molecular flexibility index (Phi) is 2.48. The van der Waals surface area contributed by atoms with Gasteiger partial charge >= 0.3 is 0 Å². The molecule has 1 saturated carbocycles. The molecule has 1 fully saturated rings. The average Bonchev–Trinajstić information content (AvgIpc) is 3.01. The van der Waals surface area contributed by atoms with Gasteiger partial charge in [-0.1, -0.05) is 11.6 Å². The molecule has 18 heavy (non-hydrogen) atoms. The Balaban J connectivity index is 1.97. The highest BCUT2D eigenvalue weighted by Crippen LogP contribution is 2.39. The molecule has 2 aromatic rings. The van der Waals surface area contributed by atoms with Crippen molar-refractivity contribution in [1.82, 2.24) is 19.7 Å². The number of rotatable bonds is 2. The molecule has 0 bridgehead atoms. The summed E-state index contributed by atoms with van der Waals surface area (Å²) in [7, 11) is 1.90. The highest BCUT2D eigenvalue weighted by molar-refractivity contribution is 5.42. The zero-order chi connectivity index (χ0) is 12.8. The first-order valence-electron chi connectivity index (χ1n) is 6.19. The van der Waals surface area contributed by atoms with Gasteiger partial charge in [0, 0.05) is 25.5 Å². The van der Waals surface area contributed by atoms with Gasteiger partial charge in [0.05, 0.1) is 5.41 Å². The molecule has 2 unspecified atom stereocenters. The molecule has 2 atom stereocenters. The van der Waals surface area contributed by atoms with E-state index in [1.54, 1.807) is 6.20 Å². The van der Waals surface area contributed by atoms with E-state index in [1.165, 1.54) is 0 Å².